The molecule has 0 radical (unpaired) electrons. The Bertz CT molecular complexity index is 740. The van der Waals surface area contributed by atoms with Crippen molar-refractivity contribution < 1.29 is 24.1 Å². The molecule has 2 N–H and O–H groups in total. The summed E-state index contributed by atoms with van der Waals surface area (Å²) in [6.45, 7) is 9.71. The number of piperidine rings is 1. The van der Waals surface area contributed by atoms with Gasteiger partial charge in [-0.05, 0) is 85.7 Å². The Morgan fingerprint density at radius 1 is 1.25 bits per heavy atom. The molecule has 7 nitrogen and oxygen atoms in total. The first-order chi connectivity index (χ1) is 15.1. The van der Waals surface area contributed by atoms with Gasteiger partial charge in [0.05, 0.1) is 30.5 Å². The van der Waals surface area contributed by atoms with Crippen LogP contribution < -0.4 is 5.32 Å². The highest BCUT2D eigenvalue weighted by molar-refractivity contribution is 5.72. The van der Waals surface area contributed by atoms with E-state index in [0.29, 0.717) is 24.5 Å². The number of ether oxygens (including phenoxy) is 3. The fraction of sp³-hybridized carbons (Fsp3) is 0.960. The van der Waals surface area contributed by atoms with Gasteiger partial charge in [0.1, 0.15) is 5.60 Å². The van der Waals surface area contributed by atoms with Gasteiger partial charge in [0.2, 0.25) is 0 Å². The van der Waals surface area contributed by atoms with Crippen molar-refractivity contribution in [2.24, 2.45) is 17.3 Å². The molecule has 2 aliphatic heterocycles. The van der Waals surface area contributed by atoms with Crippen LogP contribution >= 0.6 is 0 Å². The summed E-state index contributed by atoms with van der Waals surface area (Å²) in [5, 5.41) is 14.5. The number of nitrogens with zero attached hydrogens (tertiary/aromatic N) is 1. The van der Waals surface area contributed by atoms with Gasteiger partial charge in [-0.15, -0.1) is 0 Å². The Kier molecular flexibility index (Phi) is 5.69. The number of esters is 1. The molecule has 0 aromatic carbocycles. The first-order valence-electron chi connectivity index (χ1n) is 12.8. The first kappa shape index (κ1) is 23.0. The van der Waals surface area contributed by atoms with Crippen LogP contribution in [0.4, 0.5) is 0 Å². The summed E-state index contributed by atoms with van der Waals surface area (Å²) >= 11 is 0. The van der Waals surface area contributed by atoms with Gasteiger partial charge in [-0.3, -0.25) is 4.79 Å². The van der Waals surface area contributed by atoms with Crippen molar-refractivity contribution in [2.75, 3.05) is 26.7 Å². The van der Waals surface area contributed by atoms with E-state index < -0.39 is 11.7 Å². The lowest BCUT2D eigenvalue weighted by atomic mass is 9.42. The van der Waals surface area contributed by atoms with E-state index in [1.54, 1.807) is 0 Å². The highest BCUT2D eigenvalue weighted by atomic mass is 16.6. The Morgan fingerprint density at radius 3 is 2.75 bits per heavy atom. The third-order valence-corrected chi connectivity index (χ3v) is 9.27. The molecule has 2 heterocycles. The largest absolute Gasteiger partial charge is 0.459 e. The van der Waals surface area contributed by atoms with Gasteiger partial charge in [0.15, 0.2) is 0 Å². The topological polar surface area (TPSA) is 80.3 Å². The molecule has 9 atom stereocenters. The average molecular weight is 451 g/mol. The molecule has 0 aromatic heterocycles. The summed E-state index contributed by atoms with van der Waals surface area (Å²) in [7, 11) is 2.26. The minimum absolute atomic E-state index is 0.0491. The monoisotopic (exact) mass is 450 g/mol. The maximum Gasteiger partial charge on any atom is 0.320 e. The van der Waals surface area contributed by atoms with Crippen LogP contribution in [0.15, 0.2) is 0 Å². The molecule has 5 unspecified atom stereocenters. The fourth-order valence-electron chi connectivity index (χ4n) is 8.49. The number of aliphatic hydroxyl groups excluding tert-OH is 1. The minimum atomic E-state index is -0.491. The second-order valence-electron chi connectivity index (χ2n) is 11.9. The minimum Gasteiger partial charge on any atom is -0.459 e. The van der Waals surface area contributed by atoms with Crippen molar-refractivity contribution in [3.63, 3.8) is 0 Å². The lowest BCUT2D eigenvalue weighted by molar-refractivity contribution is -0.277. The second-order valence-corrected chi connectivity index (χ2v) is 11.9. The van der Waals surface area contributed by atoms with Crippen molar-refractivity contribution >= 4 is 5.97 Å². The molecule has 5 rings (SSSR count). The molecule has 5 aliphatic rings. The molecule has 7 heteroatoms. The number of hydrogen-bond acceptors (Lipinski definition) is 7. The van der Waals surface area contributed by atoms with E-state index in [-0.39, 0.29) is 41.8 Å². The zero-order valence-electron chi connectivity index (χ0n) is 20.4. The molecular weight excluding hydrogens is 408 g/mol. The van der Waals surface area contributed by atoms with Gasteiger partial charge in [-0.1, -0.05) is 0 Å². The molecular formula is C25H42N2O5. The molecule has 182 valence electrons. The van der Waals surface area contributed by atoms with Gasteiger partial charge in [0, 0.05) is 30.0 Å². The van der Waals surface area contributed by atoms with E-state index in [0.717, 1.165) is 45.1 Å². The molecule has 2 bridgehead atoms. The van der Waals surface area contributed by atoms with Crippen LogP contribution in [0.25, 0.3) is 0 Å². The predicted molar refractivity (Wildman–Crippen MR) is 120 cm³/mol. The molecule has 3 saturated carbocycles. The van der Waals surface area contributed by atoms with Crippen LogP contribution in [0.2, 0.25) is 0 Å². The lowest BCUT2D eigenvalue weighted by Crippen LogP contribution is -2.78. The Morgan fingerprint density at radius 2 is 2.03 bits per heavy atom. The number of hydrogen-bond donors (Lipinski definition) is 2. The lowest BCUT2D eigenvalue weighted by Gasteiger charge is -2.69. The number of aliphatic hydroxyl groups is 1. The Labute approximate surface area is 192 Å². The number of rotatable bonds is 5. The number of likely N-dealkylation sites (N-methyl/N-ethyl adjacent to an activating group) is 1. The maximum absolute atomic E-state index is 12.4. The quantitative estimate of drug-likeness (QED) is 0.621. The normalized spacial score (nSPS) is 47.8. The van der Waals surface area contributed by atoms with E-state index in [2.05, 4.69) is 24.2 Å². The molecule has 0 aromatic rings. The smallest absolute Gasteiger partial charge is 0.320 e. The molecule has 0 amide bonds. The summed E-state index contributed by atoms with van der Waals surface area (Å²) in [5.41, 5.74) is -0.843. The van der Waals surface area contributed by atoms with Crippen molar-refractivity contribution in [1.82, 2.24) is 10.2 Å². The van der Waals surface area contributed by atoms with Gasteiger partial charge in [0.25, 0.3) is 0 Å². The highest BCUT2D eigenvalue weighted by Gasteiger charge is 2.78. The number of nitrogens with one attached hydrogen (secondary N) is 1. The zero-order valence-corrected chi connectivity index (χ0v) is 20.4. The fourth-order valence-corrected chi connectivity index (χ4v) is 8.49. The third-order valence-electron chi connectivity index (χ3n) is 9.27. The van der Waals surface area contributed by atoms with Crippen molar-refractivity contribution in [3.05, 3.63) is 0 Å². The summed E-state index contributed by atoms with van der Waals surface area (Å²) in [5.74, 6) is 0.674. The number of carbonyl (C=O) groups excluding carboxylic acids is 1. The Balaban J connectivity index is 1.48. The summed E-state index contributed by atoms with van der Waals surface area (Å²) in [4.78, 5) is 15.0. The van der Waals surface area contributed by atoms with Crippen LogP contribution in [0.1, 0.15) is 66.2 Å². The van der Waals surface area contributed by atoms with Gasteiger partial charge in [-0.2, -0.15) is 0 Å². The van der Waals surface area contributed by atoms with Crippen LogP contribution in [0.5, 0.6) is 0 Å². The molecule has 5 fully saturated rings. The molecule has 32 heavy (non-hydrogen) atoms. The van der Waals surface area contributed by atoms with Crippen LogP contribution in [0, 0.1) is 17.3 Å². The van der Waals surface area contributed by atoms with Crippen LogP contribution in [-0.2, 0) is 19.0 Å². The molecule has 2 saturated heterocycles. The van der Waals surface area contributed by atoms with Crippen molar-refractivity contribution in [2.45, 2.75) is 108 Å². The first-order valence-corrected chi connectivity index (χ1v) is 12.8. The second kappa shape index (κ2) is 7.91. The van der Waals surface area contributed by atoms with Gasteiger partial charge >= 0.3 is 5.97 Å². The summed E-state index contributed by atoms with van der Waals surface area (Å²) in [6, 6.07) is 0.459. The maximum atomic E-state index is 12.4. The number of carbonyl (C=O) groups is 1. The van der Waals surface area contributed by atoms with E-state index >= 15 is 0 Å². The van der Waals surface area contributed by atoms with Crippen LogP contribution in [-0.4, -0.2) is 84.3 Å². The van der Waals surface area contributed by atoms with Gasteiger partial charge < -0.3 is 29.5 Å². The highest BCUT2D eigenvalue weighted by Crippen LogP contribution is 2.70. The van der Waals surface area contributed by atoms with E-state index in [1.807, 2.05) is 20.8 Å². The van der Waals surface area contributed by atoms with E-state index in [4.69, 9.17) is 14.2 Å². The summed E-state index contributed by atoms with van der Waals surface area (Å²) in [6.07, 6.45) is 5.36. The SMILES string of the molecule is CCO[C@]12CC[C@@H](NCC(=O)OC(C)(C)C)[C@@H]3OC4C(O)CCC5CC1N(C)CC[C@]32C54. The third kappa shape index (κ3) is 3.22. The summed E-state index contributed by atoms with van der Waals surface area (Å²) < 4.78 is 19.2. The van der Waals surface area contributed by atoms with E-state index in [1.165, 1.54) is 0 Å². The van der Waals surface area contributed by atoms with Crippen molar-refractivity contribution in [3.8, 4) is 0 Å². The van der Waals surface area contributed by atoms with Gasteiger partial charge in [-0.25, -0.2) is 0 Å². The predicted octanol–water partition coefficient (Wildman–Crippen LogP) is 2.10. The molecule has 1 spiro atoms. The Hall–Kier alpha value is -0.730. The van der Waals surface area contributed by atoms with Crippen molar-refractivity contribution in [1.29, 1.82) is 0 Å². The standard InChI is InChI=1S/C25H42N2O5/c1-6-30-25-10-9-16(26-14-19(29)32-23(2,3)4)22-24(25)11-12-27(5)18(25)13-15-7-8-17(28)21(31-22)20(15)24/h15-18,20-22,26,28H,6-14H2,1-5H3/t15?,16-,17?,18?,20?,21?,22+,24+,25-/m1/s1. The van der Waals surface area contributed by atoms with E-state index in [9.17, 15) is 9.90 Å². The average Bonchev–Trinajstić information content (AvgIpc) is 3.06. The van der Waals surface area contributed by atoms with Crippen LogP contribution in [0.3, 0.4) is 0 Å². The number of likely N-dealkylation sites (tertiary alicyclic amines) is 1. The zero-order chi connectivity index (χ0) is 22.9. The molecule has 3 aliphatic carbocycles.